The van der Waals surface area contributed by atoms with Crippen LogP contribution in [0.15, 0.2) is 12.3 Å². The van der Waals surface area contributed by atoms with Crippen molar-refractivity contribution in [3.63, 3.8) is 0 Å². The van der Waals surface area contributed by atoms with Crippen molar-refractivity contribution in [3.8, 4) is 0 Å². The third kappa shape index (κ3) is 2.70. The number of hydrogen-bond donors (Lipinski definition) is 2. The highest BCUT2D eigenvalue weighted by atomic mass is 16.5. The number of aromatic carboxylic acids is 1. The molecule has 0 radical (unpaired) electrons. The quantitative estimate of drug-likeness (QED) is 0.829. The van der Waals surface area contributed by atoms with E-state index in [0.29, 0.717) is 18.1 Å². The molecule has 1 aliphatic rings. The van der Waals surface area contributed by atoms with Crippen LogP contribution in [0.5, 0.6) is 0 Å². The fraction of sp³-hybridized carbons (Fsp3) is 0.500. The fourth-order valence-electron chi connectivity index (χ4n) is 2.12. The van der Waals surface area contributed by atoms with Crippen molar-refractivity contribution in [1.29, 1.82) is 0 Å². The van der Waals surface area contributed by atoms with Gasteiger partial charge >= 0.3 is 5.97 Å². The standard InChI is InChI=1S/C12H17N3O3/c1-15(7-9-3-2-4-18-9)11-10(12(16)17)5-8(13)6-14-11/h5-6,9H,2-4,7,13H2,1H3,(H,16,17). The summed E-state index contributed by atoms with van der Waals surface area (Å²) in [6.45, 7) is 1.41. The topological polar surface area (TPSA) is 88.7 Å². The summed E-state index contributed by atoms with van der Waals surface area (Å²) in [6, 6.07) is 1.43. The van der Waals surface area contributed by atoms with Crippen LogP contribution in [0.25, 0.3) is 0 Å². The van der Waals surface area contributed by atoms with Gasteiger partial charge < -0.3 is 20.5 Å². The minimum absolute atomic E-state index is 0.121. The molecule has 2 heterocycles. The summed E-state index contributed by atoms with van der Waals surface area (Å²) in [7, 11) is 1.81. The van der Waals surface area contributed by atoms with Gasteiger partial charge in [-0.25, -0.2) is 9.78 Å². The highest BCUT2D eigenvalue weighted by molar-refractivity contribution is 5.94. The smallest absolute Gasteiger partial charge is 0.339 e. The first-order valence-corrected chi connectivity index (χ1v) is 5.89. The SMILES string of the molecule is CN(CC1CCCO1)c1ncc(N)cc1C(=O)O. The van der Waals surface area contributed by atoms with Crippen LogP contribution in [0.2, 0.25) is 0 Å². The van der Waals surface area contributed by atoms with Crippen molar-refractivity contribution in [2.24, 2.45) is 0 Å². The van der Waals surface area contributed by atoms with E-state index in [-0.39, 0.29) is 11.7 Å². The zero-order chi connectivity index (χ0) is 13.1. The van der Waals surface area contributed by atoms with Crippen LogP contribution in [0.3, 0.4) is 0 Å². The van der Waals surface area contributed by atoms with Gasteiger partial charge in [-0.15, -0.1) is 0 Å². The summed E-state index contributed by atoms with van der Waals surface area (Å²) in [6.07, 6.45) is 3.67. The van der Waals surface area contributed by atoms with Crippen molar-refractivity contribution >= 4 is 17.5 Å². The van der Waals surface area contributed by atoms with Gasteiger partial charge in [0.2, 0.25) is 0 Å². The van der Waals surface area contributed by atoms with E-state index in [9.17, 15) is 4.79 Å². The molecule has 1 unspecified atom stereocenters. The highest BCUT2D eigenvalue weighted by Crippen LogP contribution is 2.21. The van der Waals surface area contributed by atoms with E-state index in [4.69, 9.17) is 15.6 Å². The molecule has 3 N–H and O–H groups in total. The molecule has 1 aliphatic heterocycles. The van der Waals surface area contributed by atoms with Crippen molar-refractivity contribution in [3.05, 3.63) is 17.8 Å². The van der Waals surface area contributed by atoms with E-state index in [0.717, 1.165) is 19.4 Å². The number of likely N-dealkylation sites (N-methyl/N-ethyl adjacent to an activating group) is 1. The molecule has 18 heavy (non-hydrogen) atoms. The summed E-state index contributed by atoms with van der Waals surface area (Å²) in [5.74, 6) is -0.601. The molecule has 1 saturated heterocycles. The zero-order valence-corrected chi connectivity index (χ0v) is 10.3. The molecule has 1 aromatic rings. The molecule has 0 bridgehead atoms. The molecule has 0 aliphatic carbocycles. The molecule has 6 nitrogen and oxygen atoms in total. The first-order chi connectivity index (χ1) is 8.58. The van der Waals surface area contributed by atoms with E-state index in [1.807, 2.05) is 7.05 Å². The molecule has 0 amide bonds. The first kappa shape index (κ1) is 12.6. The maximum absolute atomic E-state index is 11.2. The molecule has 1 aromatic heterocycles. The Morgan fingerprint density at radius 2 is 2.50 bits per heavy atom. The summed E-state index contributed by atoms with van der Waals surface area (Å²) in [5.41, 5.74) is 6.03. The summed E-state index contributed by atoms with van der Waals surface area (Å²) < 4.78 is 5.53. The Morgan fingerprint density at radius 3 is 3.11 bits per heavy atom. The molecule has 6 heteroatoms. The van der Waals surface area contributed by atoms with Crippen LogP contribution in [0.1, 0.15) is 23.2 Å². The van der Waals surface area contributed by atoms with Crippen molar-refractivity contribution in [2.75, 3.05) is 30.8 Å². The van der Waals surface area contributed by atoms with Crippen LogP contribution in [0.4, 0.5) is 11.5 Å². The van der Waals surface area contributed by atoms with E-state index in [1.165, 1.54) is 12.3 Å². The van der Waals surface area contributed by atoms with Gasteiger partial charge in [-0.3, -0.25) is 0 Å². The van der Waals surface area contributed by atoms with E-state index in [2.05, 4.69) is 4.98 Å². The predicted octanol–water partition coefficient (Wildman–Crippen LogP) is 0.977. The predicted molar refractivity (Wildman–Crippen MR) is 67.9 cm³/mol. The lowest BCUT2D eigenvalue weighted by Crippen LogP contribution is -2.30. The normalized spacial score (nSPS) is 18.8. The number of nitrogen functional groups attached to an aromatic ring is 1. The van der Waals surface area contributed by atoms with Gasteiger partial charge in [0, 0.05) is 20.2 Å². The second kappa shape index (κ2) is 5.22. The maximum Gasteiger partial charge on any atom is 0.339 e. The number of carboxylic acid groups (broad SMARTS) is 1. The number of carbonyl (C=O) groups is 1. The van der Waals surface area contributed by atoms with Crippen LogP contribution in [-0.2, 0) is 4.74 Å². The van der Waals surface area contributed by atoms with Crippen LogP contribution in [-0.4, -0.2) is 42.4 Å². The third-order valence-electron chi connectivity index (χ3n) is 2.98. The number of carboxylic acids is 1. The van der Waals surface area contributed by atoms with Crippen LogP contribution >= 0.6 is 0 Å². The Hall–Kier alpha value is -1.82. The van der Waals surface area contributed by atoms with Crippen LogP contribution in [0, 0.1) is 0 Å². The van der Waals surface area contributed by atoms with Gasteiger partial charge in [0.1, 0.15) is 11.4 Å². The summed E-state index contributed by atoms with van der Waals surface area (Å²) in [4.78, 5) is 17.1. The number of hydrogen-bond acceptors (Lipinski definition) is 5. The minimum Gasteiger partial charge on any atom is -0.478 e. The van der Waals surface area contributed by atoms with E-state index < -0.39 is 5.97 Å². The number of aromatic nitrogens is 1. The average Bonchev–Trinajstić information content (AvgIpc) is 2.81. The Bertz CT molecular complexity index is 444. The molecule has 98 valence electrons. The van der Waals surface area contributed by atoms with E-state index >= 15 is 0 Å². The monoisotopic (exact) mass is 251 g/mol. The summed E-state index contributed by atoms with van der Waals surface area (Å²) in [5, 5.41) is 9.15. The van der Waals surface area contributed by atoms with Gasteiger partial charge in [-0.1, -0.05) is 0 Å². The van der Waals surface area contributed by atoms with Crippen molar-refractivity contribution < 1.29 is 14.6 Å². The molecular weight excluding hydrogens is 234 g/mol. The Kier molecular flexibility index (Phi) is 3.66. The number of anilines is 2. The zero-order valence-electron chi connectivity index (χ0n) is 10.3. The van der Waals surface area contributed by atoms with Gasteiger partial charge in [0.25, 0.3) is 0 Å². The summed E-state index contributed by atoms with van der Waals surface area (Å²) >= 11 is 0. The molecule has 0 spiro atoms. The number of nitrogens with zero attached hydrogens (tertiary/aromatic N) is 2. The second-order valence-electron chi connectivity index (χ2n) is 4.46. The number of rotatable bonds is 4. The number of pyridine rings is 1. The molecule has 0 saturated carbocycles. The minimum atomic E-state index is -1.02. The Balaban J connectivity index is 2.17. The van der Waals surface area contributed by atoms with Crippen LogP contribution < -0.4 is 10.6 Å². The van der Waals surface area contributed by atoms with Gasteiger partial charge in [0.05, 0.1) is 18.0 Å². The molecular formula is C12H17N3O3. The number of nitrogens with two attached hydrogens (primary N) is 1. The number of ether oxygens (including phenoxy) is 1. The lowest BCUT2D eigenvalue weighted by Gasteiger charge is -2.23. The lowest BCUT2D eigenvalue weighted by molar-refractivity contribution is 0.0696. The largest absolute Gasteiger partial charge is 0.478 e. The van der Waals surface area contributed by atoms with Gasteiger partial charge in [0.15, 0.2) is 0 Å². The lowest BCUT2D eigenvalue weighted by atomic mass is 10.2. The van der Waals surface area contributed by atoms with Gasteiger partial charge in [-0.2, -0.15) is 0 Å². The average molecular weight is 251 g/mol. The van der Waals surface area contributed by atoms with Gasteiger partial charge in [-0.05, 0) is 18.9 Å². The van der Waals surface area contributed by atoms with Crippen molar-refractivity contribution in [1.82, 2.24) is 4.98 Å². The second-order valence-corrected chi connectivity index (χ2v) is 4.46. The Labute approximate surface area is 105 Å². The molecule has 2 rings (SSSR count). The third-order valence-corrected chi connectivity index (χ3v) is 2.98. The first-order valence-electron chi connectivity index (χ1n) is 5.89. The molecule has 0 aromatic carbocycles. The maximum atomic E-state index is 11.2. The van der Waals surface area contributed by atoms with E-state index in [1.54, 1.807) is 4.90 Å². The fourth-order valence-corrected chi connectivity index (χ4v) is 2.12. The highest BCUT2D eigenvalue weighted by Gasteiger charge is 2.21. The Morgan fingerprint density at radius 1 is 1.72 bits per heavy atom. The van der Waals surface area contributed by atoms with Crippen molar-refractivity contribution in [2.45, 2.75) is 18.9 Å². The molecule has 1 fully saturated rings. The molecule has 1 atom stereocenters.